The first-order chi connectivity index (χ1) is 8.59. The summed E-state index contributed by atoms with van der Waals surface area (Å²) in [4.78, 5) is 13.5. The van der Waals surface area contributed by atoms with Crippen LogP contribution in [0, 0.1) is 0 Å². The van der Waals surface area contributed by atoms with Crippen LogP contribution in [0.15, 0.2) is 18.2 Å². The molecule has 0 bridgehead atoms. The van der Waals surface area contributed by atoms with Gasteiger partial charge in [-0.2, -0.15) is 0 Å². The number of anilines is 1. The minimum Gasteiger partial charge on any atom is -0.333 e. The van der Waals surface area contributed by atoms with Crippen molar-refractivity contribution in [1.29, 1.82) is 0 Å². The SMILES string of the molecule is CC(=O)N1CCCc2ccc(C(C)C)cc21.CN.[HH]. The van der Waals surface area contributed by atoms with Crippen molar-refractivity contribution in [1.82, 2.24) is 0 Å². The van der Waals surface area contributed by atoms with E-state index in [0.717, 1.165) is 25.1 Å². The second-order valence-corrected chi connectivity index (χ2v) is 4.82. The van der Waals surface area contributed by atoms with Crippen molar-refractivity contribution in [3.05, 3.63) is 29.3 Å². The molecule has 2 N–H and O–H groups in total. The van der Waals surface area contributed by atoms with Crippen LogP contribution in [0.25, 0.3) is 0 Å². The normalized spacial score (nSPS) is 13.8. The Labute approximate surface area is 111 Å². The summed E-state index contributed by atoms with van der Waals surface area (Å²) in [6.45, 7) is 6.88. The van der Waals surface area contributed by atoms with Gasteiger partial charge in [0.1, 0.15) is 0 Å². The van der Waals surface area contributed by atoms with Gasteiger partial charge in [0.05, 0.1) is 0 Å². The van der Waals surface area contributed by atoms with Gasteiger partial charge < -0.3 is 10.6 Å². The molecule has 18 heavy (non-hydrogen) atoms. The minimum absolute atomic E-state index is 0. The number of carbonyl (C=O) groups is 1. The molecule has 1 aliphatic rings. The Kier molecular flexibility index (Phi) is 5.35. The molecule has 0 saturated carbocycles. The molecule has 3 nitrogen and oxygen atoms in total. The fourth-order valence-electron chi connectivity index (χ4n) is 2.28. The summed E-state index contributed by atoms with van der Waals surface area (Å²) in [6.07, 6.45) is 2.17. The number of nitrogens with zero attached hydrogens (tertiary/aromatic N) is 1. The molecule has 1 aromatic rings. The van der Waals surface area contributed by atoms with Gasteiger partial charge in [-0.05, 0) is 43.0 Å². The van der Waals surface area contributed by atoms with Crippen molar-refractivity contribution < 1.29 is 6.22 Å². The third-order valence-electron chi connectivity index (χ3n) is 3.27. The second-order valence-electron chi connectivity index (χ2n) is 4.82. The van der Waals surface area contributed by atoms with E-state index in [0.29, 0.717) is 5.92 Å². The Bertz CT molecular complexity index is 419. The maximum absolute atomic E-state index is 11.6. The second kappa shape index (κ2) is 6.55. The highest BCUT2D eigenvalue weighted by molar-refractivity contribution is 5.92. The number of amides is 1. The number of hydrogen-bond donors (Lipinski definition) is 1. The van der Waals surface area contributed by atoms with Crippen LogP contribution < -0.4 is 10.6 Å². The number of nitrogens with two attached hydrogens (primary N) is 1. The molecule has 2 rings (SSSR count). The number of fused-ring (bicyclic) bond motifs is 1. The molecule has 0 aliphatic carbocycles. The molecule has 1 aromatic carbocycles. The quantitative estimate of drug-likeness (QED) is 0.833. The number of rotatable bonds is 1. The summed E-state index contributed by atoms with van der Waals surface area (Å²) >= 11 is 0. The Balaban J connectivity index is 0.00000103. The molecule has 102 valence electrons. The molecular weight excluding hydrogens is 224 g/mol. The van der Waals surface area contributed by atoms with Gasteiger partial charge in [0.15, 0.2) is 0 Å². The Morgan fingerprint density at radius 1 is 1.39 bits per heavy atom. The van der Waals surface area contributed by atoms with Crippen molar-refractivity contribution in [2.75, 3.05) is 18.5 Å². The smallest absolute Gasteiger partial charge is 0.223 e. The lowest BCUT2D eigenvalue weighted by Crippen LogP contribution is -2.33. The van der Waals surface area contributed by atoms with Gasteiger partial charge in [-0.25, -0.2) is 0 Å². The van der Waals surface area contributed by atoms with Gasteiger partial charge in [-0.3, -0.25) is 4.79 Å². The van der Waals surface area contributed by atoms with Crippen molar-refractivity contribution >= 4 is 11.6 Å². The number of hydrogen-bond acceptors (Lipinski definition) is 2. The predicted octanol–water partition coefficient (Wildman–Crippen LogP) is 2.93. The highest BCUT2D eigenvalue weighted by Crippen LogP contribution is 2.30. The van der Waals surface area contributed by atoms with Crippen LogP contribution in [0.4, 0.5) is 5.69 Å². The first kappa shape index (κ1) is 14.7. The van der Waals surface area contributed by atoms with Crippen molar-refractivity contribution in [3.8, 4) is 0 Å². The minimum atomic E-state index is 0. The lowest BCUT2D eigenvalue weighted by Gasteiger charge is -2.29. The summed E-state index contributed by atoms with van der Waals surface area (Å²) < 4.78 is 0. The highest BCUT2D eigenvalue weighted by atomic mass is 16.2. The van der Waals surface area contributed by atoms with Crippen molar-refractivity contribution in [3.63, 3.8) is 0 Å². The highest BCUT2D eigenvalue weighted by Gasteiger charge is 2.20. The van der Waals surface area contributed by atoms with Gasteiger partial charge >= 0.3 is 0 Å². The molecule has 3 heteroatoms. The number of aryl methyl sites for hydroxylation is 1. The molecule has 1 aliphatic heterocycles. The van der Waals surface area contributed by atoms with Gasteiger partial charge in [-0.1, -0.05) is 26.0 Å². The Hall–Kier alpha value is -1.35. The predicted molar refractivity (Wildman–Crippen MR) is 79.1 cm³/mol. The van der Waals surface area contributed by atoms with E-state index in [1.165, 1.54) is 18.2 Å². The van der Waals surface area contributed by atoms with E-state index in [1.54, 1.807) is 6.92 Å². The zero-order chi connectivity index (χ0) is 13.7. The Morgan fingerprint density at radius 2 is 2.06 bits per heavy atom. The lowest BCUT2D eigenvalue weighted by atomic mass is 9.95. The summed E-state index contributed by atoms with van der Waals surface area (Å²) in [6, 6.07) is 6.55. The van der Waals surface area contributed by atoms with Crippen LogP contribution in [-0.4, -0.2) is 19.5 Å². The monoisotopic (exact) mass is 250 g/mol. The molecule has 0 unspecified atom stereocenters. The van der Waals surface area contributed by atoms with Crippen molar-refractivity contribution in [2.24, 2.45) is 5.73 Å². The molecule has 0 atom stereocenters. The van der Waals surface area contributed by atoms with E-state index in [1.807, 2.05) is 4.90 Å². The maximum atomic E-state index is 11.6. The third-order valence-corrected chi connectivity index (χ3v) is 3.27. The fraction of sp³-hybridized carbons (Fsp3) is 0.533. The average Bonchev–Trinajstić information content (AvgIpc) is 2.39. The number of benzene rings is 1. The number of carbonyl (C=O) groups excluding carboxylic acids is 1. The first-order valence-corrected chi connectivity index (χ1v) is 6.58. The van der Waals surface area contributed by atoms with Crippen LogP contribution in [0.1, 0.15) is 45.7 Å². The summed E-state index contributed by atoms with van der Waals surface area (Å²) in [7, 11) is 1.50. The standard InChI is InChI=1S/C14H19NO.CH5N.H2/c1-10(2)13-7-6-12-5-4-8-15(11(3)16)14(12)9-13;1-2;/h6-7,9-10H,4-5,8H2,1-3H3;2H2,1H3;1H. The van der Waals surface area contributed by atoms with E-state index in [4.69, 9.17) is 0 Å². The summed E-state index contributed by atoms with van der Waals surface area (Å²) in [5, 5.41) is 0. The van der Waals surface area contributed by atoms with Crippen LogP contribution in [0.3, 0.4) is 0 Å². The molecule has 0 fully saturated rings. The van der Waals surface area contributed by atoms with Gasteiger partial charge in [-0.15, -0.1) is 0 Å². The summed E-state index contributed by atoms with van der Waals surface area (Å²) in [5.41, 5.74) is 8.25. The van der Waals surface area contributed by atoms with Crippen molar-refractivity contribution in [2.45, 2.75) is 39.5 Å². The summed E-state index contributed by atoms with van der Waals surface area (Å²) in [5.74, 6) is 0.669. The van der Waals surface area contributed by atoms with Crippen LogP contribution in [-0.2, 0) is 11.2 Å². The van der Waals surface area contributed by atoms with E-state index in [-0.39, 0.29) is 7.33 Å². The van der Waals surface area contributed by atoms with E-state index in [9.17, 15) is 4.79 Å². The Morgan fingerprint density at radius 3 is 2.61 bits per heavy atom. The lowest BCUT2D eigenvalue weighted by molar-refractivity contribution is -0.116. The van der Waals surface area contributed by atoms with Gasteiger partial charge in [0, 0.05) is 20.6 Å². The van der Waals surface area contributed by atoms with Gasteiger partial charge in [0.2, 0.25) is 5.91 Å². The first-order valence-electron chi connectivity index (χ1n) is 6.58. The molecule has 0 saturated heterocycles. The molecule has 0 radical (unpaired) electrons. The van der Waals surface area contributed by atoms with E-state index >= 15 is 0 Å². The zero-order valence-electron chi connectivity index (χ0n) is 11.9. The molecule has 0 spiro atoms. The fourth-order valence-corrected chi connectivity index (χ4v) is 2.28. The largest absolute Gasteiger partial charge is 0.333 e. The average molecular weight is 250 g/mol. The van der Waals surface area contributed by atoms with Crippen LogP contribution >= 0.6 is 0 Å². The third kappa shape index (κ3) is 3.10. The van der Waals surface area contributed by atoms with E-state index < -0.39 is 0 Å². The molecule has 1 heterocycles. The molecule has 0 aromatic heterocycles. The van der Waals surface area contributed by atoms with Crippen LogP contribution in [0.2, 0.25) is 0 Å². The zero-order valence-corrected chi connectivity index (χ0v) is 11.9. The maximum Gasteiger partial charge on any atom is 0.223 e. The topological polar surface area (TPSA) is 46.3 Å². The van der Waals surface area contributed by atoms with Gasteiger partial charge in [0.25, 0.3) is 0 Å². The van der Waals surface area contributed by atoms with E-state index in [2.05, 4.69) is 37.8 Å². The molecular formula is C15H26N2O. The molecule has 1 amide bonds. The van der Waals surface area contributed by atoms with Crippen LogP contribution in [0.5, 0.6) is 0 Å².